The van der Waals surface area contributed by atoms with Crippen molar-refractivity contribution in [2.45, 2.75) is 6.92 Å². The minimum absolute atomic E-state index is 0.327. The average Bonchev–Trinajstić information content (AvgIpc) is 3.27. The summed E-state index contributed by atoms with van der Waals surface area (Å²) in [6.07, 6.45) is 0. The normalized spacial score (nSPS) is 11.1. The van der Waals surface area contributed by atoms with Gasteiger partial charge in [0.1, 0.15) is 0 Å². The highest BCUT2D eigenvalue weighted by atomic mass is 35.5. The molecule has 2 N–H and O–H groups in total. The van der Waals surface area contributed by atoms with Crippen molar-refractivity contribution < 1.29 is 0 Å². The molecule has 0 saturated heterocycles. The quantitative estimate of drug-likeness (QED) is 0.566. The van der Waals surface area contributed by atoms with Crippen LogP contribution in [0.4, 0.5) is 5.95 Å². The smallest absolute Gasteiger partial charge is 0.226 e. The Hall–Kier alpha value is -2.22. The van der Waals surface area contributed by atoms with Gasteiger partial charge in [-0.05, 0) is 36.1 Å². The molecule has 0 spiro atoms. The van der Waals surface area contributed by atoms with Crippen molar-refractivity contribution in [2.75, 3.05) is 5.73 Å². The van der Waals surface area contributed by atoms with Crippen molar-refractivity contribution in [2.24, 2.45) is 0 Å². The highest BCUT2D eigenvalue weighted by Crippen LogP contribution is 2.29. The molecule has 0 unspecified atom stereocenters. The van der Waals surface area contributed by atoms with E-state index in [0.717, 1.165) is 16.1 Å². The Morgan fingerprint density at radius 3 is 2.58 bits per heavy atom. The van der Waals surface area contributed by atoms with Crippen LogP contribution in [0, 0.1) is 6.92 Å². The molecule has 4 aromatic rings. The summed E-state index contributed by atoms with van der Waals surface area (Å²) in [5.41, 5.74) is 9.06. The summed E-state index contributed by atoms with van der Waals surface area (Å²) in [6, 6.07) is 9.61. The number of nitrogens with two attached hydrogens (primary N) is 1. The zero-order valence-electron chi connectivity index (χ0n) is 12.6. The van der Waals surface area contributed by atoms with Crippen LogP contribution < -0.4 is 5.73 Å². The van der Waals surface area contributed by atoms with E-state index >= 15 is 0 Å². The van der Waals surface area contributed by atoms with E-state index in [2.05, 4.69) is 20.4 Å². The van der Waals surface area contributed by atoms with Gasteiger partial charge in [-0.25, -0.2) is 4.98 Å². The fourth-order valence-corrected chi connectivity index (χ4v) is 3.98. The fraction of sp³-hybridized carbons (Fsp3) is 0.0625. The van der Waals surface area contributed by atoms with Crippen LogP contribution in [0.3, 0.4) is 0 Å². The number of thiazole rings is 1. The maximum atomic E-state index is 6.03. The Balaban J connectivity index is 1.70. The molecule has 24 heavy (non-hydrogen) atoms. The number of nitrogens with zero attached hydrogens (tertiary/aromatic N) is 4. The molecule has 3 aromatic heterocycles. The number of hydrogen-bond acceptors (Lipinski definition) is 6. The first-order valence-electron chi connectivity index (χ1n) is 7.10. The molecule has 3 heterocycles. The molecule has 0 radical (unpaired) electrons. The summed E-state index contributed by atoms with van der Waals surface area (Å²) in [7, 11) is 0. The number of benzene rings is 1. The van der Waals surface area contributed by atoms with Crippen LogP contribution in [0.5, 0.6) is 0 Å². The van der Waals surface area contributed by atoms with Gasteiger partial charge < -0.3 is 5.73 Å². The van der Waals surface area contributed by atoms with Gasteiger partial charge in [-0.1, -0.05) is 23.7 Å². The molecular formula is C16H12ClN5S2. The Morgan fingerprint density at radius 2 is 1.88 bits per heavy atom. The Labute approximate surface area is 151 Å². The molecular weight excluding hydrogens is 362 g/mol. The third kappa shape index (κ3) is 2.82. The minimum atomic E-state index is 0.327. The first-order valence-corrected chi connectivity index (χ1v) is 9.24. The SMILES string of the molecule is Cc1csc(-c2nc(N)n(-c3nc(-c4ccc(Cl)cc4)cs3)n2)c1. The summed E-state index contributed by atoms with van der Waals surface area (Å²) in [6.45, 7) is 2.04. The van der Waals surface area contributed by atoms with Gasteiger partial charge in [0.05, 0.1) is 10.6 Å². The molecule has 120 valence electrons. The fourth-order valence-electron chi connectivity index (χ4n) is 2.23. The van der Waals surface area contributed by atoms with Crippen molar-refractivity contribution in [3.8, 4) is 27.1 Å². The third-order valence-corrected chi connectivity index (χ3v) is 5.51. The van der Waals surface area contributed by atoms with Crippen molar-refractivity contribution in [1.82, 2.24) is 19.7 Å². The van der Waals surface area contributed by atoms with Crippen molar-refractivity contribution in [1.29, 1.82) is 0 Å². The van der Waals surface area contributed by atoms with E-state index in [1.54, 1.807) is 16.0 Å². The second kappa shape index (κ2) is 6.01. The standard InChI is InChI=1S/C16H12ClN5S2/c1-9-6-13(23-7-9)14-20-15(18)22(21-14)16-19-12(8-24-16)10-2-4-11(17)5-3-10/h2-8H,1H3,(H2,18,20,21). The number of aromatic nitrogens is 4. The van der Waals surface area contributed by atoms with Crippen LogP contribution in [0.25, 0.3) is 27.1 Å². The molecule has 1 aromatic carbocycles. The zero-order chi connectivity index (χ0) is 16.7. The number of aryl methyl sites for hydroxylation is 1. The van der Waals surface area contributed by atoms with Crippen LogP contribution in [-0.2, 0) is 0 Å². The third-order valence-electron chi connectivity index (χ3n) is 3.40. The van der Waals surface area contributed by atoms with Crippen LogP contribution in [0.15, 0.2) is 41.1 Å². The lowest BCUT2D eigenvalue weighted by Crippen LogP contribution is -2.01. The van der Waals surface area contributed by atoms with Gasteiger partial charge in [0.15, 0.2) is 5.82 Å². The van der Waals surface area contributed by atoms with E-state index in [4.69, 9.17) is 17.3 Å². The molecule has 0 aliphatic rings. The van der Waals surface area contributed by atoms with Crippen molar-refractivity contribution >= 4 is 40.2 Å². The topological polar surface area (TPSA) is 69.6 Å². The van der Waals surface area contributed by atoms with E-state index in [9.17, 15) is 0 Å². The second-order valence-corrected chi connectivity index (χ2v) is 7.40. The maximum absolute atomic E-state index is 6.03. The molecule has 0 saturated carbocycles. The number of halogens is 1. The lowest BCUT2D eigenvalue weighted by atomic mass is 10.2. The van der Waals surface area contributed by atoms with E-state index in [-0.39, 0.29) is 0 Å². The molecule has 0 atom stereocenters. The summed E-state index contributed by atoms with van der Waals surface area (Å²) >= 11 is 9.00. The number of rotatable bonds is 3. The predicted octanol–water partition coefficient (Wildman–Crippen LogP) is 4.66. The van der Waals surface area contributed by atoms with E-state index < -0.39 is 0 Å². The van der Waals surface area contributed by atoms with Gasteiger partial charge in [0, 0.05) is 16.0 Å². The van der Waals surface area contributed by atoms with Crippen LogP contribution >= 0.6 is 34.3 Å². The summed E-state index contributed by atoms with van der Waals surface area (Å²) in [5.74, 6) is 0.946. The number of anilines is 1. The molecule has 4 rings (SSSR count). The predicted molar refractivity (Wildman–Crippen MR) is 99.9 cm³/mol. The van der Waals surface area contributed by atoms with E-state index in [1.165, 1.54) is 16.9 Å². The molecule has 0 amide bonds. The van der Waals surface area contributed by atoms with Gasteiger partial charge in [-0.3, -0.25) is 0 Å². The largest absolute Gasteiger partial charge is 0.368 e. The van der Waals surface area contributed by atoms with Crippen molar-refractivity contribution in [3.63, 3.8) is 0 Å². The maximum Gasteiger partial charge on any atom is 0.226 e. The lowest BCUT2D eigenvalue weighted by molar-refractivity contribution is 0.884. The van der Waals surface area contributed by atoms with Gasteiger partial charge >= 0.3 is 0 Å². The van der Waals surface area contributed by atoms with Crippen molar-refractivity contribution in [3.05, 3.63) is 51.7 Å². The molecule has 5 nitrogen and oxygen atoms in total. The summed E-state index contributed by atoms with van der Waals surface area (Å²) in [4.78, 5) is 9.96. The van der Waals surface area contributed by atoms with Crippen LogP contribution in [0.1, 0.15) is 5.56 Å². The Kier molecular flexibility index (Phi) is 3.84. The molecule has 0 fully saturated rings. The van der Waals surface area contributed by atoms with Gasteiger partial charge in [-0.15, -0.1) is 27.8 Å². The summed E-state index contributed by atoms with van der Waals surface area (Å²) < 4.78 is 1.58. The first kappa shape index (κ1) is 15.3. The van der Waals surface area contributed by atoms with Crippen LogP contribution in [-0.4, -0.2) is 19.7 Å². The zero-order valence-corrected chi connectivity index (χ0v) is 15.0. The Bertz CT molecular complexity index is 1000. The average molecular weight is 374 g/mol. The highest BCUT2D eigenvalue weighted by Gasteiger charge is 2.15. The number of nitrogen functional groups attached to an aromatic ring is 1. The minimum Gasteiger partial charge on any atom is -0.368 e. The van der Waals surface area contributed by atoms with Gasteiger partial charge in [-0.2, -0.15) is 9.67 Å². The highest BCUT2D eigenvalue weighted by molar-refractivity contribution is 7.13. The molecule has 0 aliphatic carbocycles. The molecule has 0 bridgehead atoms. The monoisotopic (exact) mass is 373 g/mol. The van der Waals surface area contributed by atoms with Gasteiger partial charge in [0.2, 0.25) is 11.1 Å². The lowest BCUT2D eigenvalue weighted by Gasteiger charge is -1.97. The Morgan fingerprint density at radius 1 is 1.08 bits per heavy atom. The first-order chi connectivity index (χ1) is 11.6. The molecule has 0 aliphatic heterocycles. The van der Waals surface area contributed by atoms with E-state index in [0.29, 0.717) is 21.9 Å². The van der Waals surface area contributed by atoms with Crippen LogP contribution in [0.2, 0.25) is 5.02 Å². The molecule has 8 heteroatoms. The second-order valence-electron chi connectivity index (χ2n) is 5.22. The summed E-state index contributed by atoms with van der Waals surface area (Å²) in [5, 5.41) is 9.92. The van der Waals surface area contributed by atoms with Gasteiger partial charge in [0.25, 0.3) is 0 Å². The number of hydrogen-bond donors (Lipinski definition) is 1. The number of thiophene rings is 1. The van der Waals surface area contributed by atoms with E-state index in [1.807, 2.05) is 42.6 Å².